The molecule has 0 aliphatic heterocycles. The van der Waals surface area contributed by atoms with Crippen molar-refractivity contribution in [3.63, 3.8) is 0 Å². The smallest absolute Gasteiger partial charge is 0.127 e. The first-order valence-corrected chi connectivity index (χ1v) is 6.37. The van der Waals surface area contributed by atoms with E-state index in [-0.39, 0.29) is 6.04 Å². The van der Waals surface area contributed by atoms with E-state index in [1.54, 1.807) is 12.1 Å². The minimum absolute atomic E-state index is 0.0227. The first-order valence-electron chi connectivity index (χ1n) is 6.00. The first kappa shape index (κ1) is 13.4. The molecule has 0 aliphatic rings. The van der Waals surface area contributed by atoms with Crippen LogP contribution < -0.4 is 5.32 Å². The lowest BCUT2D eigenvalue weighted by molar-refractivity contribution is 0.872. The summed E-state index contributed by atoms with van der Waals surface area (Å²) in [5, 5.41) is 12.9. The number of hydrogen-bond acceptors (Lipinski definition) is 3. The molecule has 0 saturated heterocycles. The third-order valence-electron chi connectivity index (χ3n) is 2.82. The van der Waals surface area contributed by atoms with E-state index in [9.17, 15) is 0 Å². The zero-order valence-corrected chi connectivity index (χ0v) is 11.6. The lowest BCUT2D eigenvalue weighted by Gasteiger charge is -2.16. The van der Waals surface area contributed by atoms with Gasteiger partial charge in [0, 0.05) is 10.7 Å². The molecule has 1 atom stereocenters. The summed E-state index contributed by atoms with van der Waals surface area (Å²) in [6.45, 7) is 3.88. The number of nitrogens with one attached hydrogen (secondary N) is 1. The number of anilines is 1. The van der Waals surface area contributed by atoms with E-state index >= 15 is 0 Å². The van der Waals surface area contributed by atoms with Crippen LogP contribution in [0.25, 0.3) is 0 Å². The number of aryl methyl sites for hydroxylation is 1. The summed E-state index contributed by atoms with van der Waals surface area (Å²) < 4.78 is 0. The molecule has 0 fully saturated rings. The van der Waals surface area contributed by atoms with Gasteiger partial charge in [0.2, 0.25) is 0 Å². The van der Waals surface area contributed by atoms with E-state index in [0.29, 0.717) is 11.4 Å². The van der Waals surface area contributed by atoms with Gasteiger partial charge in [0.15, 0.2) is 0 Å². The predicted octanol–water partition coefficient (Wildman–Crippen LogP) is 4.09. The summed E-state index contributed by atoms with van der Waals surface area (Å²) in [6, 6.07) is 13.3. The van der Waals surface area contributed by atoms with Gasteiger partial charge >= 0.3 is 0 Å². The maximum Gasteiger partial charge on any atom is 0.127 e. The van der Waals surface area contributed by atoms with E-state index < -0.39 is 0 Å². The second kappa shape index (κ2) is 5.73. The Hall–Kier alpha value is -2.05. The molecule has 1 unspecified atom stereocenters. The van der Waals surface area contributed by atoms with E-state index in [4.69, 9.17) is 16.9 Å². The molecule has 0 bridgehead atoms. The topological polar surface area (TPSA) is 48.7 Å². The third kappa shape index (κ3) is 3.24. The average Bonchev–Trinajstić information content (AvgIpc) is 2.38. The summed E-state index contributed by atoms with van der Waals surface area (Å²) >= 11 is 6.16. The molecule has 2 aromatic rings. The minimum Gasteiger partial charge on any atom is -0.363 e. The SMILES string of the molecule is Cc1cc(C#N)cc(NC(C)c2ccccc2Cl)n1. The van der Waals surface area contributed by atoms with Gasteiger partial charge < -0.3 is 5.32 Å². The number of halogens is 1. The quantitative estimate of drug-likeness (QED) is 0.915. The molecule has 1 aromatic heterocycles. The number of rotatable bonds is 3. The summed E-state index contributed by atoms with van der Waals surface area (Å²) in [6.07, 6.45) is 0. The molecule has 0 spiro atoms. The van der Waals surface area contributed by atoms with Gasteiger partial charge in [-0.05, 0) is 37.6 Å². The van der Waals surface area contributed by atoms with E-state index in [2.05, 4.69) is 16.4 Å². The molecule has 1 N–H and O–H groups in total. The van der Waals surface area contributed by atoms with Crippen LogP contribution >= 0.6 is 11.6 Å². The van der Waals surface area contributed by atoms with Crippen molar-refractivity contribution in [2.24, 2.45) is 0 Å². The zero-order chi connectivity index (χ0) is 13.8. The highest BCUT2D eigenvalue weighted by Crippen LogP contribution is 2.25. The van der Waals surface area contributed by atoms with Gasteiger partial charge in [0.25, 0.3) is 0 Å². The van der Waals surface area contributed by atoms with Gasteiger partial charge in [0.05, 0.1) is 17.7 Å². The monoisotopic (exact) mass is 271 g/mol. The molecule has 1 aromatic carbocycles. The maximum atomic E-state index is 8.96. The Kier molecular flexibility index (Phi) is 4.03. The van der Waals surface area contributed by atoms with Crippen molar-refractivity contribution in [3.8, 4) is 6.07 Å². The van der Waals surface area contributed by atoms with Crippen molar-refractivity contribution >= 4 is 17.4 Å². The molecule has 3 nitrogen and oxygen atoms in total. The summed E-state index contributed by atoms with van der Waals surface area (Å²) in [5.74, 6) is 0.684. The van der Waals surface area contributed by atoms with Crippen LogP contribution in [0.5, 0.6) is 0 Å². The maximum absolute atomic E-state index is 8.96. The number of aromatic nitrogens is 1. The average molecular weight is 272 g/mol. The van der Waals surface area contributed by atoms with Crippen LogP contribution in [0.1, 0.15) is 29.8 Å². The largest absolute Gasteiger partial charge is 0.363 e. The first-order chi connectivity index (χ1) is 9.10. The van der Waals surface area contributed by atoms with Gasteiger partial charge in [-0.3, -0.25) is 0 Å². The lowest BCUT2D eigenvalue weighted by atomic mass is 10.1. The van der Waals surface area contributed by atoms with E-state index in [1.165, 1.54) is 0 Å². The molecule has 4 heteroatoms. The van der Waals surface area contributed by atoms with Crippen molar-refractivity contribution in [1.29, 1.82) is 5.26 Å². The molecular weight excluding hydrogens is 258 g/mol. The second-order valence-corrected chi connectivity index (χ2v) is 4.79. The summed E-state index contributed by atoms with van der Waals surface area (Å²) in [4.78, 5) is 4.37. The number of nitriles is 1. The van der Waals surface area contributed by atoms with E-state index in [1.807, 2.05) is 38.1 Å². The van der Waals surface area contributed by atoms with Gasteiger partial charge in [0.1, 0.15) is 5.82 Å². The predicted molar refractivity (Wildman–Crippen MR) is 77.2 cm³/mol. The Morgan fingerprint density at radius 3 is 2.74 bits per heavy atom. The fourth-order valence-electron chi connectivity index (χ4n) is 1.93. The van der Waals surface area contributed by atoms with Crippen LogP contribution in [0.2, 0.25) is 5.02 Å². The minimum atomic E-state index is 0.0227. The van der Waals surface area contributed by atoms with Crippen LogP contribution in [-0.2, 0) is 0 Å². The second-order valence-electron chi connectivity index (χ2n) is 4.38. The Morgan fingerprint density at radius 1 is 1.32 bits per heavy atom. The number of hydrogen-bond donors (Lipinski definition) is 1. The van der Waals surface area contributed by atoms with Gasteiger partial charge in [-0.1, -0.05) is 29.8 Å². The lowest BCUT2D eigenvalue weighted by Crippen LogP contribution is -2.09. The van der Waals surface area contributed by atoms with Crippen molar-refractivity contribution < 1.29 is 0 Å². The van der Waals surface area contributed by atoms with Crippen LogP contribution in [0.3, 0.4) is 0 Å². The zero-order valence-electron chi connectivity index (χ0n) is 10.8. The van der Waals surface area contributed by atoms with Crippen LogP contribution in [0.15, 0.2) is 36.4 Å². The summed E-state index contributed by atoms with van der Waals surface area (Å²) in [5.41, 5.74) is 2.42. The standard InChI is InChI=1S/C15H14ClN3/c1-10-7-12(9-17)8-15(18-10)19-11(2)13-5-3-4-6-14(13)16/h3-8,11H,1-2H3,(H,18,19). The fraction of sp³-hybridized carbons (Fsp3) is 0.200. The van der Waals surface area contributed by atoms with Crippen molar-refractivity contribution in [2.45, 2.75) is 19.9 Å². The molecule has 0 aliphatic carbocycles. The fourth-order valence-corrected chi connectivity index (χ4v) is 2.23. The molecule has 0 radical (unpaired) electrons. The molecule has 0 saturated carbocycles. The van der Waals surface area contributed by atoms with Gasteiger partial charge in [-0.2, -0.15) is 5.26 Å². The number of pyridine rings is 1. The van der Waals surface area contributed by atoms with Crippen LogP contribution in [0, 0.1) is 18.3 Å². The highest BCUT2D eigenvalue weighted by atomic mass is 35.5. The molecule has 96 valence electrons. The number of nitrogens with zero attached hydrogens (tertiary/aromatic N) is 2. The van der Waals surface area contributed by atoms with Gasteiger partial charge in [-0.25, -0.2) is 4.98 Å². The normalized spacial score (nSPS) is 11.7. The van der Waals surface area contributed by atoms with Crippen molar-refractivity contribution in [1.82, 2.24) is 4.98 Å². The highest BCUT2D eigenvalue weighted by molar-refractivity contribution is 6.31. The van der Waals surface area contributed by atoms with Crippen molar-refractivity contribution in [2.75, 3.05) is 5.32 Å². The highest BCUT2D eigenvalue weighted by Gasteiger charge is 2.10. The van der Waals surface area contributed by atoms with Crippen LogP contribution in [-0.4, -0.2) is 4.98 Å². The summed E-state index contributed by atoms with van der Waals surface area (Å²) in [7, 11) is 0. The number of benzene rings is 1. The third-order valence-corrected chi connectivity index (χ3v) is 3.16. The Labute approximate surface area is 117 Å². The van der Waals surface area contributed by atoms with Crippen LogP contribution in [0.4, 0.5) is 5.82 Å². The molecule has 19 heavy (non-hydrogen) atoms. The molecule has 0 amide bonds. The Balaban J connectivity index is 2.24. The van der Waals surface area contributed by atoms with E-state index in [0.717, 1.165) is 16.3 Å². The Bertz CT molecular complexity index is 632. The molecule has 2 rings (SSSR count). The van der Waals surface area contributed by atoms with Crippen molar-refractivity contribution in [3.05, 3.63) is 58.2 Å². The molecular formula is C15H14ClN3. The van der Waals surface area contributed by atoms with Gasteiger partial charge in [-0.15, -0.1) is 0 Å². The Morgan fingerprint density at radius 2 is 2.05 bits per heavy atom. The molecule has 1 heterocycles.